The van der Waals surface area contributed by atoms with Gasteiger partial charge in [0.25, 0.3) is 0 Å². The number of carbonyl (C=O) groups is 1. The Kier molecular flexibility index (Phi) is 4.08. The highest BCUT2D eigenvalue weighted by atomic mass is 35.5. The highest BCUT2D eigenvalue weighted by molar-refractivity contribution is 6.31. The van der Waals surface area contributed by atoms with Crippen molar-refractivity contribution in [2.45, 2.75) is 6.54 Å². The van der Waals surface area contributed by atoms with Gasteiger partial charge in [-0.15, -0.1) is 5.10 Å². The quantitative estimate of drug-likeness (QED) is 0.794. The fraction of sp³-hybridized carbons (Fsp3) is 0.0625. The molecule has 7 heteroatoms. The van der Waals surface area contributed by atoms with Crippen LogP contribution in [0.3, 0.4) is 0 Å². The van der Waals surface area contributed by atoms with E-state index in [9.17, 15) is 14.3 Å². The SMILES string of the molecule is O=C(O)c1nnn(Cc2ccccc2Cl)c1-c1ccc(F)cc1. The van der Waals surface area contributed by atoms with Gasteiger partial charge in [0.1, 0.15) is 11.5 Å². The Hall–Kier alpha value is -2.73. The fourth-order valence-electron chi connectivity index (χ4n) is 2.25. The number of aromatic carboxylic acids is 1. The van der Waals surface area contributed by atoms with Gasteiger partial charge < -0.3 is 5.11 Å². The lowest BCUT2D eigenvalue weighted by atomic mass is 10.1. The molecule has 0 bridgehead atoms. The van der Waals surface area contributed by atoms with E-state index >= 15 is 0 Å². The molecule has 0 saturated carbocycles. The molecule has 0 fully saturated rings. The summed E-state index contributed by atoms with van der Waals surface area (Å²) in [6.07, 6.45) is 0. The lowest BCUT2D eigenvalue weighted by molar-refractivity contribution is 0.0691. The number of halogens is 2. The summed E-state index contributed by atoms with van der Waals surface area (Å²) in [6.45, 7) is 0.257. The molecule has 0 aliphatic carbocycles. The third-order valence-corrected chi connectivity index (χ3v) is 3.70. The van der Waals surface area contributed by atoms with Crippen molar-refractivity contribution in [3.8, 4) is 11.3 Å². The molecule has 0 saturated heterocycles. The van der Waals surface area contributed by atoms with Crippen LogP contribution in [0, 0.1) is 5.82 Å². The predicted octanol–water partition coefficient (Wildman–Crippen LogP) is 3.48. The van der Waals surface area contributed by atoms with Crippen LogP contribution in [0.2, 0.25) is 5.02 Å². The molecular formula is C16H11ClFN3O2. The van der Waals surface area contributed by atoms with Gasteiger partial charge in [-0.25, -0.2) is 13.9 Å². The number of benzene rings is 2. The summed E-state index contributed by atoms with van der Waals surface area (Å²) in [4.78, 5) is 11.4. The van der Waals surface area contributed by atoms with E-state index in [4.69, 9.17) is 11.6 Å². The lowest BCUT2D eigenvalue weighted by Gasteiger charge is -2.09. The first-order valence-corrected chi connectivity index (χ1v) is 7.10. The van der Waals surface area contributed by atoms with Crippen molar-refractivity contribution < 1.29 is 14.3 Å². The van der Waals surface area contributed by atoms with E-state index in [1.807, 2.05) is 12.1 Å². The monoisotopic (exact) mass is 331 g/mol. The second kappa shape index (κ2) is 6.18. The molecule has 0 amide bonds. The van der Waals surface area contributed by atoms with Crippen LogP contribution >= 0.6 is 11.6 Å². The minimum absolute atomic E-state index is 0.191. The average molecular weight is 332 g/mol. The van der Waals surface area contributed by atoms with Crippen molar-refractivity contribution in [1.29, 1.82) is 0 Å². The van der Waals surface area contributed by atoms with Gasteiger partial charge in [0.05, 0.1) is 6.54 Å². The minimum Gasteiger partial charge on any atom is -0.476 e. The molecule has 0 aliphatic rings. The third-order valence-electron chi connectivity index (χ3n) is 3.33. The van der Waals surface area contributed by atoms with Gasteiger partial charge in [0.15, 0.2) is 5.69 Å². The van der Waals surface area contributed by atoms with Crippen molar-refractivity contribution in [1.82, 2.24) is 15.0 Å². The van der Waals surface area contributed by atoms with Gasteiger partial charge in [-0.2, -0.15) is 0 Å². The van der Waals surface area contributed by atoms with Crippen LogP contribution in [-0.2, 0) is 6.54 Å². The highest BCUT2D eigenvalue weighted by Gasteiger charge is 2.21. The molecule has 2 aromatic carbocycles. The van der Waals surface area contributed by atoms with Gasteiger partial charge in [-0.05, 0) is 35.9 Å². The number of hydrogen-bond donors (Lipinski definition) is 1. The molecule has 5 nitrogen and oxygen atoms in total. The number of carboxylic acid groups (broad SMARTS) is 1. The molecule has 0 spiro atoms. The molecular weight excluding hydrogens is 321 g/mol. The topological polar surface area (TPSA) is 68.0 Å². The highest BCUT2D eigenvalue weighted by Crippen LogP contribution is 2.25. The second-order valence-electron chi connectivity index (χ2n) is 4.85. The lowest BCUT2D eigenvalue weighted by Crippen LogP contribution is -2.06. The summed E-state index contributed by atoms with van der Waals surface area (Å²) in [5, 5.41) is 17.5. The molecule has 1 heterocycles. The van der Waals surface area contributed by atoms with Crippen molar-refractivity contribution in [2.24, 2.45) is 0 Å². The maximum atomic E-state index is 13.1. The Balaban J connectivity index is 2.09. The van der Waals surface area contributed by atoms with Crippen LogP contribution in [-0.4, -0.2) is 26.1 Å². The smallest absolute Gasteiger partial charge is 0.358 e. The number of hydrogen-bond acceptors (Lipinski definition) is 3. The van der Waals surface area contributed by atoms with Crippen LogP contribution < -0.4 is 0 Å². The Morgan fingerprint density at radius 2 is 1.87 bits per heavy atom. The number of aromatic nitrogens is 3. The maximum absolute atomic E-state index is 13.1. The normalized spacial score (nSPS) is 10.7. The average Bonchev–Trinajstić information content (AvgIpc) is 2.94. The Bertz CT molecular complexity index is 862. The molecule has 0 radical (unpaired) electrons. The van der Waals surface area contributed by atoms with E-state index in [1.54, 1.807) is 12.1 Å². The van der Waals surface area contributed by atoms with Crippen molar-refractivity contribution >= 4 is 17.6 Å². The summed E-state index contributed by atoms with van der Waals surface area (Å²) in [6, 6.07) is 12.7. The van der Waals surface area contributed by atoms with Gasteiger partial charge in [0, 0.05) is 10.6 Å². The first-order chi connectivity index (χ1) is 11.1. The molecule has 0 atom stereocenters. The summed E-state index contributed by atoms with van der Waals surface area (Å²) in [7, 11) is 0. The van der Waals surface area contributed by atoms with E-state index in [2.05, 4.69) is 10.3 Å². The number of rotatable bonds is 4. The first-order valence-electron chi connectivity index (χ1n) is 6.72. The summed E-state index contributed by atoms with van der Waals surface area (Å²) < 4.78 is 14.6. The molecule has 116 valence electrons. The zero-order valence-electron chi connectivity index (χ0n) is 11.8. The van der Waals surface area contributed by atoms with E-state index in [0.717, 1.165) is 5.56 Å². The Morgan fingerprint density at radius 3 is 2.52 bits per heavy atom. The summed E-state index contributed by atoms with van der Waals surface area (Å²) in [5.41, 5.74) is 1.40. The summed E-state index contributed by atoms with van der Waals surface area (Å²) >= 11 is 6.14. The molecule has 0 aliphatic heterocycles. The molecule has 23 heavy (non-hydrogen) atoms. The molecule has 0 unspecified atom stereocenters. The summed E-state index contributed by atoms with van der Waals surface area (Å²) in [5.74, 6) is -1.61. The van der Waals surface area contributed by atoms with Crippen LogP contribution in [0.25, 0.3) is 11.3 Å². The van der Waals surface area contributed by atoms with E-state index in [0.29, 0.717) is 16.3 Å². The van der Waals surface area contributed by atoms with Crippen LogP contribution in [0.5, 0.6) is 0 Å². The van der Waals surface area contributed by atoms with Crippen molar-refractivity contribution in [2.75, 3.05) is 0 Å². The Labute approximate surface area is 135 Å². The van der Waals surface area contributed by atoms with Crippen LogP contribution in [0.1, 0.15) is 16.1 Å². The van der Waals surface area contributed by atoms with Crippen molar-refractivity contribution in [3.05, 3.63) is 70.6 Å². The third kappa shape index (κ3) is 3.07. The largest absolute Gasteiger partial charge is 0.476 e. The molecule has 3 rings (SSSR count). The standard InChI is InChI=1S/C16H11ClFN3O2/c17-13-4-2-1-3-11(13)9-21-15(14(16(22)23)19-20-21)10-5-7-12(18)8-6-10/h1-8H,9H2,(H,22,23). The van der Waals surface area contributed by atoms with E-state index in [-0.39, 0.29) is 12.2 Å². The van der Waals surface area contributed by atoms with Crippen molar-refractivity contribution in [3.63, 3.8) is 0 Å². The first kappa shape index (κ1) is 15.2. The fourth-order valence-corrected chi connectivity index (χ4v) is 2.44. The number of carboxylic acids is 1. The molecule has 1 aromatic heterocycles. The van der Waals surface area contributed by atoms with E-state index in [1.165, 1.54) is 28.9 Å². The zero-order valence-corrected chi connectivity index (χ0v) is 12.5. The van der Waals surface area contributed by atoms with E-state index < -0.39 is 11.8 Å². The minimum atomic E-state index is -1.20. The molecule has 1 N–H and O–H groups in total. The zero-order chi connectivity index (χ0) is 16.4. The Morgan fingerprint density at radius 1 is 1.17 bits per heavy atom. The van der Waals surface area contributed by atoms with Crippen LogP contribution in [0.4, 0.5) is 4.39 Å². The maximum Gasteiger partial charge on any atom is 0.358 e. The van der Waals surface area contributed by atoms with Crippen LogP contribution in [0.15, 0.2) is 48.5 Å². The van der Waals surface area contributed by atoms with Gasteiger partial charge in [-0.1, -0.05) is 35.0 Å². The van der Waals surface area contributed by atoms with Gasteiger partial charge in [0.2, 0.25) is 0 Å². The number of nitrogens with zero attached hydrogens (tertiary/aromatic N) is 3. The van der Waals surface area contributed by atoms with Gasteiger partial charge >= 0.3 is 5.97 Å². The second-order valence-corrected chi connectivity index (χ2v) is 5.25. The molecule has 3 aromatic rings. The van der Waals surface area contributed by atoms with Gasteiger partial charge in [-0.3, -0.25) is 0 Å². The predicted molar refractivity (Wildman–Crippen MR) is 82.9 cm³/mol.